The second-order valence-corrected chi connectivity index (χ2v) is 15.5. The van der Waals surface area contributed by atoms with Crippen LogP contribution >= 0.6 is 11.6 Å². The summed E-state index contributed by atoms with van der Waals surface area (Å²) in [5.41, 5.74) is 2.00. The van der Waals surface area contributed by atoms with Crippen molar-refractivity contribution in [2.45, 2.75) is 72.2 Å². The summed E-state index contributed by atoms with van der Waals surface area (Å²) in [6.45, 7) is 8.71. The van der Waals surface area contributed by atoms with Crippen molar-refractivity contribution in [2.24, 2.45) is 17.3 Å². The lowest BCUT2D eigenvalue weighted by Gasteiger charge is -2.34. The monoisotopic (exact) mass is 762 g/mol. The molecule has 0 aliphatic carbocycles. The predicted octanol–water partition coefficient (Wildman–Crippen LogP) is 7.17. The van der Waals surface area contributed by atoms with Crippen molar-refractivity contribution in [1.82, 2.24) is 4.90 Å². The molecule has 2 aliphatic rings. The third-order valence-electron chi connectivity index (χ3n) is 9.81. The minimum absolute atomic E-state index is 0.0725. The van der Waals surface area contributed by atoms with Crippen molar-refractivity contribution < 1.29 is 42.9 Å². The van der Waals surface area contributed by atoms with Crippen molar-refractivity contribution in [3.63, 3.8) is 0 Å². The Morgan fingerprint density at radius 2 is 1.63 bits per heavy atom. The number of fused-ring (bicyclic) bond motifs is 1. The van der Waals surface area contributed by atoms with Gasteiger partial charge in [0.25, 0.3) is 5.91 Å². The molecule has 2 atom stereocenters. The van der Waals surface area contributed by atoms with E-state index >= 15 is 0 Å². The normalized spacial score (nSPS) is 17.8. The van der Waals surface area contributed by atoms with Crippen molar-refractivity contribution in [3.05, 3.63) is 88.4 Å². The first-order valence-corrected chi connectivity index (χ1v) is 18.8. The summed E-state index contributed by atoms with van der Waals surface area (Å²) in [6.07, 6.45) is -0.731. The maximum Gasteiger partial charge on any atom is 0.308 e. The first kappa shape index (κ1) is 40.6. The zero-order valence-electron chi connectivity index (χ0n) is 32.0. The minimum Gasteiger partial charge on any atom is -0.493 e. The van der Waals surface area contributed by atoms with E-state index in [1.165, 1.54) is 14.2 Å². The molecule has 0 radical (unpaired) electrons. The maximum atomic E-state index is 14.7. The number of benzene rings is 3. The van der Waals surface area contributed by atoms with Gasteiger partial charge < -0.3 is 33.5 Å². The van der Waals surface area contributed by atoms with Crippen molar-refractivity contribution in [2.75, 3.05) is 45.4 Å². The summed E-state index contributed by atoms with van der Waals surface area (Å²) in [4.78, 5) is 57.1. The molecule has 3 aromatic rings. The van der Waals surface area contributed by atoms with Gasteiger partial charge in [0.1, 0.15) is 18.8 Å². The Labute approximate surface area is 322 Å². The number of anilines is 1. The van der Waals surface area contributed by atoms with Gasteiger partial charge >= 0.3 is 11.9 Å². The number of carbonyl (C=O) groups is 4. The number of piperidine rings is 1. The summed E-state index contributed by atoms with van der Waals surface area (Å²) in [5.74, 6) is -0.554. The van der Waals surface area contributed by atoms with E-state index < -0.39 is 23.5 Å². The lowest BCUT2D eigenvalue weighted by molar-refractivity contribution is -0.150. The molecule has 11 nitrogen and oxygen atoms in total. The van der Waals surface area contributed by atoms with Crippen LogP contribution < -0.4 is 14.4 Å². The smallest absolute Gasteiger partial charge is 0.308 e. The van der Waals surface area contributed by atoms with Crippen molar-refractivity contribution in [1.29, 1.82) is 0 Å². The molecule has 5 rings (SSSR count). The highest BCUT2D eigenvalue weighted by molar-refractivity contribution is 6.30. The van der Waals surface area contributed by atoms with Gasteiger partial charge in [-0.1, -0.05) is 81.8 Å². The molecule has 1 fully saturated rings. The number of ether oxygens (including phenoxy) is 5. The van der Waals surface area contributed by atoms with E-state index in [1.54, 1.807) is 47.9 Å². The van der Waals surface area contributed by atoms with Crippen molar-refractivity contribution in [3.8, 4) is 11.5 Å². The number of rotatable bonds is 14. The van der Waals surface area contributed by atoms with Gasteiger partial charge in [-0.2, -0.15) is 0 Å². The van der Waals surface area contributed by atoms with Gasteiger partial charge in [-0.25, -0.2) is 0 Å². The highest BCUT2D eigenvalue weighted by atomic mass is 35.5. The van der Waals surface area contributed by atoms with Crippen molar-refractivity contribution >= 4 is 41.0 Å². The molecule has 3 aromatic carbocycles. The van der Waals surface area contributed by atoms with Crippen LogP contribution in [0.5, 0.6) is 11.5 Å². The highest BCUT2D eigenvalue weighted by Crippen LogP contribution is 2.46. The molecule has 2 aliphatic heterocycles. The molecule has 54 heavy (non-hydrogen) atoms. The predicted molar refractivity (Wildman–Crippen MR) is 204 cm³/mol. The Morgan fingerprint density at radius 1 is 0.907 bits per heavy atom. The van der Waals surface area contributed by atoms with Crippen LogP contribution in [0.1, 0.15) is 76.2 Å². The molecule has 12 heteroatoms. The Morgan fingerprint density at radius 3 is 2.30 bits per heavy atom. The first-order chi connectivity index (χ1) is 25.8. The Hall–Kier alpha value is -4.61. The molecule has 0 saturated carbocycles. The standard InChI is InChI=1S/C42H51ClN2O9/c1-27(2)41(49)53-26-42(3,4)25-45-33-16-15-30(43)22-32(33)38(31-13-10-14-34(50-5)39(31)51-6)54-35(40(45)48)23-36(46)44-19-17-28(18-20-44)21-37(47)52-24-29-11-8-7-9-12-29/h7-16,22,27-28,35,38H,17-21,23-26H2,1-6H3/t35-,38-/m1/s1. The fraction of sp³-hybridized carbons (Fsp3) is 0.476. The number of hydrogen-bond acceptors (Lipinski definition) is 9. The molecule has 290 valence electrons. The molecule has 2 heterocycles. The third kappa shape index (κ3) is 10.1. The average molecular weight is 763 g/mol. The van der Waals surface area contributed by atoms with Gasteiger partial charge in [0, 0.05) is 53.3 Å². The zero-order valence-corrected chi connectivity index (χ0v) is 32.7. The quantitative estimate of drug-likeness (QED) is 0.158. The van der Waals surface area contributed by atoms with Crippen LogP contribution in [0.2, 0.25) is 5.02 Å². The van der Waals surface area contributed by atoms with Gasteiger partial charge in [0.2, 0.25) is 5.91 Å². The number of amides is 2. The van der Waals surface area contributed by atoms with E-state index in [4.69, 9.17) is 35.3 Å². The molecule has 0 aromatic heterocycles. The third-order valence-corrected chi connectivity index (χ3v) is 10.0. The first-order valence-electron chi connectivity index (χ1n) is 18.4. The van der Waals surface area contributed by atoms with E-state index in [9.17, 15) is 19.2 Å². The van der Waals surface area contributed by atoms with E-state index in [-0.39, 0.29) is 62.3 Å². The highest BCUT2D eigenvalue weighted by Gasteiger charge is 2.42. The Kier molecular flexibility index (Phi) is 13.6. The fourth-order valence-electron chi connectivity index (χ4n) is 6.84. The SMILES string of the molecule is COc1cccc([C@H]2O[C@H](CC(=O)N3CCC(CC(=O)OCc4ccccc4)CC3)C(=O)N(CC(C)(C)COC(=O)C(C)C)c3ccc(Cl)cc32)c1OC. The number of para-hydroxylation sites is 1. The fourth-order valence-corrected chi connectivity index (χ4v) is 7.02. The number of hydrogen-bond donors (Lipinski definition) is 0. The van der Waals surface area contributed by atoms with Gasteiger partial charge in [0.05, 0.1) is 33.2 Å². The van der Waals surface area contributed by atoms with E-state index in [0.717, 1.165) is 5.56 Å². The van der Waals surface area contributed by atoms with E-state index in [1.807, 2.05) is 56.3 Å². The van der Waals surface area contributed by atoms with Crippen LogP contribution in [0.25, 0.3) is 0 Å². The molecule has 0 bridgehead atoms. The van der Waals surface area contributed by atoms with Gasteiger partial charge in [-0.3, -0.25) is 19.2 Å². The number of carbonyl (C=O) groups excluding carboxylic acids is 4. The Balaban J connectivity index is 1.38. The van der Waals surface area contributed by atoms with Crippen LogP contribution in [-0.2, 0) is 40.0 Å². The van der Waals surface area contributed by atoms with Gasteiger partial charge in [-0.05, 0) is 48.6 Å². The topological polar surface area (TPSA) is 121 Å². The number of halogens is 1. The van der Waals surface area contributed by atoms with Gasteiger partial charge in [0.15, 0.2) is 11.5 Å². The van der Waals surface area contributed by atoms with Crippen LogP contribution in [0.15, 0.2) is 66.7 Å². The Bertz CT molecular complexity index is 1790. The lowest BCUT2D eigenvalue weighted by atomic mass is 9.92. The molecule has 0 spiro atoms. The van der Waals surface area contributed by atoms with Crippen LogP contribution in [0.3, 0.4) is 0 Å². The second-order valence-electron chi connectivity index (χ2n) is 15.0. The van der Waals surface area contributed by atoms with Crippen LogP contribution in [0.4, 0.5) is 5.69 Å². The number of esters is 2. The lowest BCUT2D eigenvalue weighted by Crippen LogP contribution is -2.48. The summed E-state index contributed by atoms with van der Waals surface area (Å²) in [6, 6.07) is 20.2. The van der Waals surface area contributed by atoms with Crippen LogP contribution in [-0.4, -0.2) is 75.2 Å². The van der Waals surface area contributed by atoms with E-state index in [0.29, 0.717) is 59.3 Å². The second kappa shape index (κ2) is 18.1. The zero-order chi connectivity index (χ0) is 39.0. The number of methoxy groups -OCH3 is 2. The van der Waals surface area contributed by atoms with Crippen LogP contribution in [0, 0.1) is 17.3 Å². The molecule has 0 unspecified atom stereocenters. The minimum atomic E-state index is -1.19. The largest absolute Gasteiger partial charge is 0.493 e. The summed E-state index contributed by atoms with van der Waals surface area (Å²) in [5, 5.41) is 0.433. The molecule has 2 amide bonds. The molecular weight excluding hydrogens is 712 g/mol. The molecule has 1 saturated heterocycles. The summed E-state index contributed by atoms with van der Waals surface area (Å²) in [7, 11) is 3.07. The number of likely N-dealkylation sites (tertiary alicyclic amines) is 1. The molecular formula is C42H51ClN2O9. The summed E-state index contributed by atoms with van der Waals surface area (Å²) >= 11 is 6.60. The maximum absolute atomic E-state index is 14.7. The average Bonchev–Trinajstić information content (AvgIpc) is 3.26. The van der Waals surface area contributed by atoms with E-state index in [2.05, 4.69) is 0 Å². The molecule has 0 N–H and O–H groups in total. The summed E-state index contributed by atoms with van der Waals surface area (Å²) < 4.78 is 29.3. The number of nitrogens with zero attached hydrogens (tertiary/aromatic N) is 2. The van der Waals surface area contributed by atoms with Gasteiger partial charge in [-0.15, -0.1) is 0 Å².